The number of benzene rings is 2. The average molecular weight is 377 g/mol. The van der Waals surface area contributed by atoms with E-state index in [9.17, 15) is 9.59 Å². The van der Waals surface area contributed by atoms with Gasteiger partial charge in [0.1, 0.15) is 0 Å². The van der Waals surface area contributed by atoms with E-state index >= 15 is 0 Å². The van der Waals surface area contributed by atoms with Gasteiger partial charge in [0.2, 0.25) is 5.91 Å². The van der Waals surface area contributed by atoms with Gasteiger partial charge in [0, 0.05) is 36.1 Å². The SMILES string of the molecule is Cc1ccc(N2CC(CNC(=O)c3ccc(Cl)cc3Cl)CC2=O)cc1. The van der Waals surface area contributed by atoms with Crippen molar-refractivity contribution in [2.75, 3.05) is 18.0 Å². The Balaban J connectivity index is 1.60. The number of anilines is 1. The molecule has 1 saturated heterocycles. The monoisotopic (exact) mass is 376 g/mol. The van der Waals surface area contributed by atoms with E-state index < -0.39 is 0 Å². The van der Waals surface area contributed by atoms with Crippen molar-refractivity contribution < 1.29 is 9.59 Å². The molecule has 1 aliphatic heterocycles. The predicted octanol–water partition coefficient (Wildman–Crippen LogP) is 4.08. The van der Waals surface area contributed by atoms with Crippen molar-refractivity contribution in [1.82, 2.24) is 5.32 Å². The smallest absolute Gasteiger partial charge is 0.252 e. The molecule has 0 aromatic heterocycles. The van der Waals surface area contributed by atoms with Gasteiger partial charge in [0.05, 0.1) is 10.6 Å². The molecular weight excluding hydrogens is 359 g/mol. The first kappa shape index (κ1) is 17.8. The zero-order chi connectivity index (χ0) is 18.0. The van der Waals surface area contributed by atoms with Gasteiger partial charge in [-0.2, -0.15) is 0 Å². The summed E-state index contributed by atoms with van der Waals surface area (Å²) in [7, 11) is 0. The molecule has 2 amide bonds. The number of rotatable bonds is 4. The first-order valence-electron chi connectivity index (χ1n) is 8.04. The summed E-state index contributed by atoms with van der Waals surface area (Å²) >= 11 is 11.9. The minimum Gasteiger partial charge on any atom is -0.352 e. The van der Waals surface area contributed by atoms with Gasteiger partial charge in [-0.05, 0) is 37.3 Å². The van der Waals surface area contributed by atoms with Crippen molar-refractivity contribution in [3.63, 3.8) is 0 Å². The Morgan fingerprint density at radius 1 is 1.20 bits per heavy atom. The van der Waals surface area contributed by atoms with Crippen molar-refractivity contribution in [2.24, 2.45) is 5.92 Å². The van der Waals surface area contributed by atoms with E-state index in [2.05, 4.69) is 5.32 Å². The van der Waals surface area contributed by atoms with E-state index in [0.717, 1.165) is 11.3 Å². The van der Waals surface area contributed by atoms with Crippen molar-refractivity contribution >= 4 is 40.7 Å². The number of amides is 2. The molecule has 6 heteroatoms. The van der Waals surface area contributed by atoms with Crippen LogP contribution >= 0.6 is 23.2 Å². The normalized spacial score (nSPS) is 17.0. The van der Waals surface area contributed by atoms with Crippen LogP contribution in [-0.4, -0.2) is 24.9 Å². The van der Waals surface area contributed by atoms with Crippen LogP contribution in [-0.2, 0) is 4.79 Å². The number of nitrogens with zero attached hydrogens (tertiary/aromatic N) is 1. The van der Waals surface area contributed by atoms with Crippen LogP contribution in [0.15, 0.2) is 42.5 Å². The van der Waals surface area contributed by atoms with Crippen molar-refractivity contribution in [1.29, 1.82) is 0 Å². The van der Waals surface area contributed by atoms with Gasteiger partial charge >= 0.3 is 0 Å². The number of aryl methyl sites for hydroxylation is 1. The molecule has 0 spiro atoms. The summed E-state index contributed by atoms with van der Waals surface area (Å²) in [6.45, 7) is 3.03. The minimum atomic E-state index is -0.261. The largest absolute Gasteiger partial charge is 0.352 e. The molecule has 0 bridgehead atoms. The molecule has 1 heterocycles. The lowest BCUT2D eigenvalue weighted by molar-refractivity contribution is -0.117. The maximum atomic E-state index is 12.3. The molecule has 0 saturated carbocycles. The lowest BCUT2D eigenvalue weighted by atomic mass is 10.1. The molecule has 1 fully saturated rings. The summed E-state index contributed by atoms with van der Waals surface area (Å²) in [5.74, 6) is -0.112. The van der Waals surface area contributed by atoms with Gasteiger partial charge in [-0.3, -0.25) is 9.59 Å². The zero-order valence-corrected chi connectivity index (χ0v) is 15.3. The molecule has 1 aliphatic rings. The Hall–Kier alpha value is -2.04. The lowest BCUT2D eigenvalue weighted by Crippen LogP contribution is -2.31. The highest BCUT2D eigenvalue weighted by Gasteiger charge is 2.30. The maximum Gasteiger partial charge on any atom is 0.252 e. The summed E-state index contributed by atoms with van der Waals surface area (Å²) < 4.78 is 0. The summed E-state index contributed by atoms with van der Waals surface area (Å²) in [5, 5.41) is 3.65. The molecule has 0 radical (unpaired) electrons. The van der Waals surface area contributed by atoms with E-state index in [1.54, 1.807) is 17.0 Å². The van der Waals surface area contributed by atoms with Crippen molar-refractivity contribution in [3.05, 3.63) is 63.6 Å². The fraction of sp³-hybridized carbons (Fsp3) is 0.263. The number of carbonyl (C=O) groups excluding carboxylic acids is 2. The fourth-order valence-corrected chi connectivity index (χ4v) is 3.39. The standard InChI is InChI=1S/C19H18Cl2N2O2/c1-12-2-5-15(6-3-12)23-11-13(8-18(23)24)10-22-19(25)16-7-4-14(20)9-17(16)21/h2-7,9,13H,8,10-11H2,1H3,(H,22,25). The first-order chi connectivity index (χ1) is 11.9. The van der Waals surface area contributed by atoms with Crippen LogP contribution in [0.4, 0.5) is 5.69 Å². The predicted molar refractivity (Wildman–Crippen MR) is 100 cm³/mol. The number of halogens is 2. The molecule has 1 atom stereocenters. The van der Waals surface area contributed by atoms with Gasteiger partial charge in [-0.25, -0.2) is 0 Å². The van der Waals surface area contributed by atoms with E-state index in [1.165, 1.54) is 6.07 Å². The van der Waals surface area contributed by atoms with Gasteiger partial charge in [0.25, 0.3) is 5.91 Å². The molecule has 2 aromatic rings. The quantitative estimate of drug-likeness (QED) is 0.873. The molecule has 0 aliphatic carbocycles. The van der Waals surface area contributed by atoms with Crippen LogP contribution in [0, 0.1) is 12.8 Å². The highest BCUT2D eigenvalue weighted by molar-refractivity contribution is 6.36. The molecule has 1 N–H and O–H groups in total. The maximum absolute atomic E-state index is 12.3. The van der Waals surface area contributed by atoms with Crippen LogP contribution in [0.3, 0.4) is 0 Å². The van der Waals surface area contributed by atoms with E-state index in [1.807, 2.05) is 31.2 Å². The third kappa shape index (κ3) is 4.14. The molecule has 3 rings (SSSR count). The van der Waals surface area contributed by atoms with Gasteiger partial charge in [-0.15, -0.1) is 0 Å². The second kappa shape index (κ2) is 7.46. The second-order valence-electron chi connectivity index (χ2n) is 6.24. The Morgan fingerprint density at radius 2 is 1.92 bits per heavy atom. The van der Waals surface area contributed by atoms with Crippen molar-refractivity contribution in [3.8, 4) is 0 Å². The zero-order valence-electron chi connectivity index (χ0n) is 13.8. The van der Waals surface area contributed by atoms with E-state index in [-0.39, 0.29) is 17.7 Å². The van der Waals surface area contributed by atoms with Crippen LogP contribution < -0.4 is 10.2 Å². The third-order valence-electron chi connectivity index (χ3n) is 4.28. The number of hydrogen-bond acceptors (Lipinski definition) is 2. The molecule has 25 heavy (non-hydrogen) atoms. The van der Waals surface area contributed by atoms with E-state index in [4.69, 9.17) is 23.2 Å². The Bertz CT molecular complexity index is 806. The highest BCUT2D eigenvalue weighted by Crippen LogP contribution is 2.25. The second-order valence-corrected chi connectivity index (χ2v) is 7.09. The molecule has 2 aromatic carbocycles. The molecule has 130 valence electrons. The lowest BCUT2D eigenvalue weighted by Gasteiger charge is -2.17. The number of hydrogen-bond donors (Lipinski definition) is 1. The first-order valence-corrected chi connectivity index (χ1v) is 8.80. The number of carbonyl (C=O) groups is 2. The summed E-state index contributed by atoms with van der Waals surface area (Å²) in [5.41, 5.74) is 2.43. The van der Waals surface area contributed by atoms with Gasteiger partial charge in [0.15, 0.2) is 0 Å². The average Bonchev–Trinajstić information content (AvgIpc) is 2.94. The van der Waals surface area contributed by atoms with Crippen molar-refractivity contribution in [2.45, 2.75) is 13.3 Å². The molecule has 4 nitrogen and oxygen atoms in total. The van der Waals surface area contributed by atoms with Crippen LogP contribution in [0.2, 0.25) is 10.0 Å². The Morgan fingerprint density at radius 3 is 2.60 bits per heavy atom. The minimum absolute atomic E-state index is 0.0730. The molecule has 1 unspecified atom stereocenters. The van der Waals surface area contributed by atoms with Gasteiger partial charge in [-0.1, -0.05) is 40.9 Å². The third-order valence-corrected chi connectivity index (χ3v) is 4.83. The fourth-order valence-electron chi connectivity index (χ4n) is 2.90. The Labute approximate surface area is 156 Å². The summed E-state index contributed by atoms with van der Waals surface area (Å²) in [6.07, 6.45) is 0.419. The Kier molecular flexibility index (Phi) is 5.30. The molecular formula is C19H18Cl2N2O2. The van der Waals surface area contributed by atoms with Crippen LogP contribution in [0.1, 0.15) is 22.3 Å². The van der Waals surface area contributed by atoms with Crippen LogP contribution in [0.5, 0.6) is 0 Å². The summed E-state index contributed by atoms with van der Waals surface area (Å²) in [6, 6.07) is 12.6. The van der Waals surface area contributed by atoms with Crippen LogP contribution in [0.25, 0.3) is 0 Å². The number of nitrogens with one attached hydrogen (secondary N) is 1. The topological polar surface area (TPSA) is 49.4 Å². The highest BCUT2D eigenvalue weighted by atomic mass is 35.5. The summed E-state index contributed by atoms with van der Waals surface area (Å²) in [4.78, 5) is 26.3. The van der Waals surface area contributed by atoms with Gasteiger partial charge < -0.3 is 10.2 Å². The van der Waals surface area contributed by atoms with E-state index in [0.29, 0.717) is 35.1 Å².